The Morgan fingerprint density at radius 3 is 2.61 bits per heavy atom. The van der Waals surface area contributed by atoms with Gasteiger partial charge in [0.2, 0.25) is 0 Å². The van der Waals surface area contributed by atoms with Crippen molar-refractivity contribution in [3.63, 3.8) is 0 Å². The monoisotopic (exact) mass is 384 g/mol. The third kappa shape index (κ3) is 4.97. The van der Waals surface area contributed by atoms with Gasteiger partial charge in [-0.25, -0.2) is 4.39 Å². The fraction of sp³-hybridized carbons (Fsp3) is 0.435. The molecule has 4 nitrogen and oxygen atoms in total. The number of likely N-dealkylation sites (tertiary alicyclic amines) is 1. The van der Waals surface area contributed by atoms with Crippen molar-refractivity contribution in [1.29, 1.82) is 0 Å². The van der Waals surface area contributed by atoms with Gasteiger partial charge >= 0.3 is 0 Å². The number of piperidine rings is 1. The van der Waals surface area contributed by atoms with Crippen LogP contribution in [-0.4, -0.2) is 34.6 Å². The van der Waals surface area contributed by atoms with Crippen LogP contribution in [0, 0.1) is 5.82 Å². The maximum absolute atomic E-state index is 13.3. The highest BCUT2D eigenvalue weighted by Crippen LogP contribution is 2.24. The topological polar surface area (TPSA) is 52.6 Å². The van der Waals surface area contributed by atoms with Crippen LogP contribution < -0.4 is 5.32 Å². The number of carbonyl (C=O) groups excluding carboxylic acids is 1. The molecule has 2 aromatic carbocycles. The maximum atomic E-state index is 13.3. The molecule has 2 aromatic rings. The smallest absolute Gasteiger partial charge is 0.256 e. The van der Waals surface area contributed by atoms with E-state index in [0.29, 0.717) is 32.0 Å². The van der Waals surface area contributed by atoms with Crippen LogP contribution in [0.1, 0.15) is 49.3 Å². The third-order valence-corrected chi connectivity index (χ3v) is 5.36. The van der Waals surface area contributed by atoms with Gasteiger partial charge in [0.05, 0.1) is 0 Å². The molecule has 1 aliphatic rings. The van der Waals surface area contributed by atoms with Gasteiger partial charge in [-0.15, -0.1) is 0 Å². The molecule has 28 heavy (non-hydrogen) atoms. The zero-order chi connectivity index (χ0) is 20.1. The van der Waals surface area contributed by atoms with Crippen LogP contribution in [0.2, 0.25) is 0 Å². The molecular formula is C23H29FN2O2. The Labute approximate surface area is 166 Å². The molecule has 1 unspecified atom stereocenters. The Morgan fingerprint density at radius 2 is 1.93 bits per heavy atom. The second-order valence-corrected chi connectivity index (χ2v) is 7.99. The summed E-state index contributed by atoms with van der Waals surface area (Å²) >= 11 is 0. The molecule has 150 valence electrons. The minimum atomic E-state index is -1.41. The summed E-state index contributed by atoms with van der Waals surface area (Å²) in [6.07, 6.45) is 1.19. The van der Waals surface area contributed by atoms with Crippen molar-refractivity contribution in [2.24, 2.45) is 0 Å². The molecule has 0 bridgehead atoms. The molecule has 1 amide bonds. The van der Waals surface area contributed by atoms with Crippen molar-refractivity contribution in [2.75, 3.05) is 13.1 Å². The number of hydrogen-bond acceptors (Lipinski definition) is 3. The van der Waals surface area contributed by atoms with Crippen LogP contribution in [0.25, 0.3) is 0 Å². The minimum Gasteiger partial charge on any atom is -0.379 e. The number of aliphatic hydroxyl groups is 1. The standard InChI is InChI=1S/C23H29FN2O2/c1-17(2)20-9-7-18(8-10-20)15-26-12-4-11-23(28,22(26)27)16-25-14-19-5-3-6-21(24)13-19/h3,5-10,13,17,25,28H,4,11-12,14-16H2,1-2H3. The number of rotatable bonds is 7. The molecule has 5 heteroatoms. The fourth-order valence-electron chi connectivity index (χ4n) is 3.67. The molecule has 3 rings (SSSR count). The van der Waals surface area contributed by atoms with Crippen molar-refractivity contribution in [2.45, 2.75) is 51.3 Å². The van der Waals surface area contributed by atoms with Crippen molar-refractivity contribution >= 4 is 5.91 Å². The van der Waals surface area contributed by atoms with E-state index in [9.17, 15) is 14.3 Å². The molecule has 1 fully saturated rings. The van der Waals surface area contributed by atoms with Gasteiger partial charge in [0.15, 0.2) is 5.60 Å². The second-order valence-electron chi connectivity index (χ2n) is 7.99. The summed E-state index contributed by atoms with van der Waals surface area (Å²) in [4.78, 5) is 14.6. The largest absolute Gasteiger partial charge is 0.379 e. The predicted molar refractivity (Wildman–Crippen MR) is 108 cm³/mol. The van der Waals surface area contributed by atoms with Crippen LogP contribution >= 0.6 is 0 Å². The van der Waals surface area contributed by atoms with E-state index in [-0.39, 0.29) is 18.3 Å². The lowest BCUT2D eigenvalue weighted by atomic mass is 9.91. The minimum absolute atomic E-state index is 0.158. The van der Waals surface area contributed by atoms with E-state index in [1.54, 1.807) is 11.0 Å². The van der Waals surface area contributed by atoms with E-state index in [0.717, 1.165) is 17.5 Å². The van der Waals surface area contributed by atoms with Crippen molar-refractivity contribution < 1.29 is 14.3 Å². The van der Waals surface area contributed by atoms with E-state index in [1.807, 2.05) is 6.07 Å². The molecule has 0 aliphatic carbocycles. The zero-order valence-electron chi connectivity index (χ0n) is 16.6. The van der Waals surface area contributed by atoms with Gasteiger partial charge in [-0.05, 0) is 47.6 Å². The van der Waals surface area contributed by atoms with Crippen LogP contribution in [0.5, 0.6) is 0 Å². The summed E-state index contributed by atoms with van der Waals surface area (Å²) in [5, 5.41) is 14.0. The van der Waals surface area contributed by atoms with Crippen LogP contribution in [0.15, 0.2) is 48.5 Å². The highest BCUT2D eigenvalue weighted by molar-refractivity contribution is 5.86. The van der Waals surface area contributed by atoms with E-state index >= 15 is 0 Å². The van der Waals surface area contributed by atoms with Crippen LogP contribution in [-0.2, 0) is 17.9 Å². The van der Waals surface area contributed by atoms with E-state index in [1.165, 1.54) is 17.7 Å². The summed E-state index contributed by atoms with van der Waals surface area (Å²) in [5.74, 6) is -0.0558. The Bertz CT molecular complexity index is 807. The average Bonchev–Trinajstić information content (AvgIpc) is 2.66. The summed E-state index contributed by atoms with van der Waals surface area (Å²) < 4.78 is 13.3. The molecule has 1 saturated heterocycles. The number of halogens is 1. The van der Waals surface area contributed by atoms with Gasteiger partial charge in [-0.2, -0.15) is 0 Å². The third-order valence-electron chi connectivity index (χ3n) is 5.36. The first-order valence-electron chi connectivity index (χ1n) is 9.93. The number of amides is 1. The lowest BCUT2D eigenvalue weighted by Crippen LogP contribution is -2.57. The fourth-order valence-corrected chi connectivity index (χ4v) is 3.67. The quantitative estimate of drug-likeness (QED) is 0.767. The first-order chi connectivity index (χ1) is 13.4. The number of hydrogen-bond donors (Lipinski definition) is 2. The molecule has 1 heterocycles. The van der Waals surface area contributed by atoms with Crippen LogP contribution in [0.4, 0.5) is 4.39 Å². The van der Waals surface area contributed by atoms with Gasteiger partial charge in [-0.3, -0.25) is 4.79 Å². The number of carbonyl (C=O) groups is 1. The molecule has 0 aromatic heterocycles. The predicted octanol–water partition coefficient (Wildman–Crippen LogP) is 3.59. The summed E-state index contributed by atoms with van der Waals surface area (Å²) in [5.41, 5.74) is 1.71. The molecule has 1 atom stereocenters. The first-order valence-corrected chi connectivity index (χ1v) is 9.93. The van der Waals surface area contributed by atoms with E-state index < -0.39 is 5.60 Å². The number of nitrogens with one attached hydrogen (secondary N) is 1. The summed E-state index contributed by atoms with van der Waals surface area (Å²) in [7, 11) is 0. The molecule has 0 saturated carbocycles. The normalized spacial score (nSPS) is 20.0. The van der Waals surface area contributed by atoms with Gasteiger partial charge in [0.25, 0.3) is 5.91 Å². The number of benzene rings is 2. The van der Waals surface area contributed by atoms with E-state index in [4.69, 9.17) is 0 Å². The van der Waals surface area contributed by atoms with Gasteiger partial charge < -0.3 is 15.3 Å². The lowest BCUT2D eigenvalue weighted by molar-refractivity contribution is -0.157. The maximum Gasteiger partial charge on any atom is 0.256 e. The average molecular weight is 384 g/mol. The molecule has 1 aliphatic heterocycles. The SMILES string of the molecule is CC(C)c1ccc(CN2CCCC(O)(CNCc3cccc(F)c3)C2=O)cc1. The highest BCUT2D eigenvalue weighted by atomic mass is 19.1. The summed E-state index contributed by atoms with van der Waals surface area (Å²) in [6.45, 7) is 6.02. The van der Waals surface area contributed by atoms with Crippen molar-refractivity contribution in [3.8, 4) is 0 Å². The van der Waals surface area contributed by atoms with Crippen LogP contribution in [0.3, 0.4) is 0 Å². The highest BCUT2D eigenvalue weighted by Gasteiger charge is 2.41. The summed E-state index contributed by atoms with van der Waals surface area (Å²) in [6, 6.07) is 14.6. The molecule has 2 N–H and O–H groups in total. The molecule has 0 radical (unpaired) electrons. The Balaban J connectivity index is 1.58. The second kappa shape index (κ2) is 8.84. The van der Waals surface area contributed by atoms with Gasteiger partial charge in [0.1, 0.15) is 5.82 Å². The Hall–Kier alpha value is -2.24. The van der Waals surface area contributed by atoms with Gasteiger partial charge in [0, 0.05) is 26.2 Å². The van der Waals surface area contributed by atoms with E-state index in [2.05, 4.69) is 43.4 Å². The van der Waals surface area contributed by atoms with Crippen molar-refractivity contribution in [3.05, 3.63) is 71.0 Å². The lowest BCUT2D eigenvalue weighted by Gasteiger charge is -2.38. The van der Waals surface area contributed by atoms with Gasteiger partial charge in [-0.1, -0.05) is 50.2 Å². The Kier molecular flexibility index (Phi) is 6.47. The molecular weight excluding hydrogens is 355 g/mol. The zero-order valence-corrected chi connectivity index (χ0v) is 16.6. The Morgan fingerprint density at radius 1 is 1.18 bits per heavy atom. The molecule has 0 spiro atoms. The first kappa shape index (κ1) is 20.5. The van der Waals surface area contributed by atoms with Crippen molar-refractivity contribution in [1.82, 2.24) is 10.2 Å². The number of nitrogens with zero attached hydrogens (tertiary/aromatic N) is 1.